The highest BCUT2D eigenvalue weighted by atomic mass is 32.1. The van der Waals surface area contributed by atoms with E-state index in [1.54, 1.807) is 7.11 Å². The molecule has 0 aromatic carbocycles. The average Bonchev–Trinajstić information content (AvgIpc) is 2.63. The van der Waals surface area contributed by atoms with Crippen LogP contribution in [0.2, 0.25) is 0 Å². The third-order valence-electron chi connectivity index (χ3n) is 3.11. The predicted octanol–water partition coefficient (Wildman–Crippen LogP) is 0.874. The van der Waals surface area contributed by atoms with E-state index in [-0.39, 0.29) is 0 Å². The van der Waals surface area contributed by atoms with Crippen LogP contribution in [-0.4, -0.2) is 49.1 Å². The van der Waals surface area contributed by atoms with E-state index in [2.05, 4.69) is 28.1 Å². The van der Waals surface area contributed by atoms with Gasteiger partial charge in [-0.25, -0.2) is 0 Å². The van der Waals surface area contributed by atoms with E-state index in [0.29, 0.717) is 11.9 Å². The van der Waals surface area contributed by atoms with E-state index in [9.17, 15) is 0 Å². The summed E-state index contributed by atoms with van der Waals surface area (Å²) in [7, 11) is 3.80. The second-order valence-corrected chi connectivity index (χ2v) is 4.93. The number of hydrogen-bond donors (Lipinski definition) is 1. The molecule has 1 fully saturated rings. The summed E-state index contributed by atoms with van der Waals surface area (Å²) in [6.07, 6.45) is 0. The zero-order chi connectivity index (χ0) is 11.7. The molecule has 1 unspecified atom stereocenters. The summed E-state index contributed by atoms with van der Waals surface area (Å²) < 4.78 is 9.44. The van der Waals surface area contributed by atoms with Gasteiger partial charge >= 0.3 is 0 Å². The topological polar surface area (TPSA) is 54.6 Å². The molecule has 5 nitrogen and oxygen atoms in total. The van der Waals surface area contributed by atoms with Crippen LogP contribution in [0.3, 0.4) is 0 Å². The van der Waals surface area contributed by atoms with Crippen LogP contribution in [0.5, 0.6) is 5.75 Å². The van der Waals surface area contributed by atoms with E-state index in [1.165, 1.54) is 11.5 Å². The maximum absolute atomic E-state index is 5.76. The predicted molar refractivity (Wildman–Crippen MR) is 67.4 cm³/mol. The molecule has 0 bridgehead atoms. The Labute approximate surface area is 100.0 Å². The van der Waals surface area contributed by atoms with E-state index in [4.69, 9.17) is 10.5 Å². The van der Waals surface area contributed by atoms with Gasteiger partial charge in [0.05, 0.1) is 7.11 Å². The zero-order valence-corrected chi connectivity index (χ0v) is 10.8. The number of piperazine rings is 1. The molecule has 2 rings (SSSR count). The van der Waals surface area contributed by atoms with Crippen LogP contribution in [0, 0.1) is 0 Å². The fourth-order valence-corrected chi connectivity index (χ4v) is 2.73. The van der Waals surface area contributed by atoms with Crippen molar-refractivity contribution in [2.24, 2.45) is 0 Å². The van der Waals surface area contributed by atoms with E-state index < -0.39 is 0 Å². The van der Waals surface area contributed by atoms with Gasteiger partial charge in [0.25, 0.3) is 0 Å². The Morgan fingerprint density at radius 3 is 2.88 bits per heavy atom. The quantitative estimate of drug-likeness (QED) is 0.834. The van der Waals surface area contributed by atoms with Crippen molar-refractivity contribution < 1.29 is 4.74 Å². The number of aromatic nitrogens is 1. The van der Waals surface area contributed by atoms with Crippen LogP contribution in [0.15, 0.2) is 0 Å². The lowest BCUT2D eigenvalue weighted by atomic mass is 10.2. The van der Waals surface area contributed by atoms with Crippen molar-refractivity contribution in [1.82, 2.24) is 9.27 Å². The minimum Gasteiger partial charge on any atom is -0.490 e. The summed E-state index contributed by atoms with van der Waals surface area (Å²) in [5.41, 5.74) is 5.76. The van der Waals surface area contributed by atoms with E-state index in [0.717, 1.165) is 30.4 Å². The summed E-state index contributed by atoms with van der Waals surface area (Å²) in [5, 5.41) is 1.06. The van der Waals surface area contributed by atoms with Crippen LogP contribution < -0.4 is 15.4 Å². The summed E-state index contributed by atoms with van der Waals surface area (Å²) in [6, 6.07) is 0.543. The first-order valence-corrected chi connectivity index (χ1v) is 6.15. The highest BCUT2D eigenvalue weighted by molar-refractivity contribution is 7.11. The summed E-state index contributed by atoms with van der Waals surface area (Å²) in [4.78, 5) is 4.66. The molecule has 2 N–H and O–H groups in total. The number of rotatable bonds is 2. The normalized spacial score (nSPS) is 22.4. The number of hydrogen-bond acceptors (Lipinski definition) is 6. The van der Waals surface area contributed by atoms with Crippen molar-refractivity contribution in [3.63, 3.8) is 0 Å². The van der Waals surface area contributed by atoms with Crippen LogP contribution in [0.1, 0.15) is 6.92 Å². The van der Waals surface area contributed by atoms with Crippen molar-refractivity contribution in [2.75, 3.05) is 44.4 Å². The molecule has 2 heterocycles. The van der Waals surface area contributed by atoms with Crippen LogP contribution >= 0.6 is 11.5 Å². The summed E-state index contributed by atoms with van der Waals surface area (Å²) in [5.74, 6) is 1.22. The molecule has 0 saturated carbocycles. The van der Waals surface area contributed by atoms with E-state index in [1.807, 2.05) is 0 Å². The molecule has 0 aliphatic carbocycles. The SMILES string of the molecule is COc1c(N)nsc1N1CCN(C)C(C)C1. The number of anilines is 2. The molecule has 1 aromatic heterocycles. The fraction of sp³-hybridized carbons (Fsp3) is 0.700. The molecule has 90 valence electrons. The molecule has 0 amide bonds. The third-order valence-corrected chi connectivity index (χ3v) is 4.01. The molecule has 1 aliphatic rings. The Balaban J connectivity index is 2.18. The zero-order valence-electron chi connectivity index (χ0n) is 9.93. The second-order valence-electron chi connectivity index (χ2n) is 4.18. The van der Waals surface area contributed by atoms with Crippen LogP contribution in [0.25, 0.3) is 0 Å². The van der Waals surface area contributed by atoms with Gasteiger partial charge in [0.1, 0.15) is 0 Å². The Hall–Kier alpha value is -1.01. The van der Waals surface area contributed by atoms with Crippen molar-refractivity contribution in [3.8, 4) is 5.75 Å². The molecule has 1 aromatic rings. The molecule has 1 atom stereocenters. The molecule has 6 heteroatoms. The number of nitrogens with two attached hydrogens (primary N) is 1. The maximum Gasteiger partial charge on any atom is 0.197 e. The summed E-state index contributed by atoms with van der Waals surface area (Å²) >= 11 is 1.42. The minimum atomic E-state index is 0.495. The first-order valence-electron chi connectivity index (χ1n) is 5.37. The Morgan fingerprint density at radius 1 is 1.50 bits per heavy atom. The Kier molecular flexibility index (Phi) is 3.20. The Bertz CT molecular complexity index is 368. The van der Waals surface area contributed by atoms with E-state index >= 15 is 0 Å². The van der Waals surface area contributed by atoms with Gasteiger partial charge in [0, 0.05) is 25.7 Å². The van der Waals surface area contributed by atoms with Gasteiger partial charge in [-0.15, -0.1) is 0 Å². The van der Waals surface area contributed by atoms with Gasteiger partial charge < -0.3 is 20.3 Å². The van der Waals surface area contributed by atoms with Gasteiger partial charge in [-0.3, -0.25) is 0 Å². The van der Waals surface area contributed by atoms with Crippen LogP contribution in [0.4, 0.5) is 10.8 Å². The molecule has 1 saturated heterocycles. The molecule has 0 radical (unpaired) electrons. The molecular formula is C10H18N4OS. The van der Waals surface area contributed by atoms with Crippen molar-refractivity contribution in [3.05, 3.63) is 0 Å². The van der Waals surface area contributed by atoms with Gasteiger partial charge in [-0.1, -0.05) is 0 Å². The molecular weight excluding hydrogens is 224 g/mol. The number of ether oxygens (including phenoxy) is 1. The van der Waals surface area contributed by atoms with Gasteiger partial charge in [-0.2, -0.15) is 4.37 Å². The van der Waals surface area contributed by atoms with Crippen LogP contribution in [-0.2, 0) is 0 Å². The van der Waals surface area contributed by atoms with Gasteiger partial charge in [0.2, 0.25) is 0 Å². The number of nitrogen functional groups attached to an aromatic ring is 1. The lowest BCUT2D eigenvalue weighted by Crippen LogP contribution is -2.50. The van der Waals surface area contributed by atoms with Gasteiger partial charge in [0.15, 0.2) is 16.6 Å². The first-order chi connectivity index (χ1) is 7.63. The monoisotopic (exact) mass is 242 g/mol. The number of methoxy groups -OCH3 is 1. The third kappa shape index (κ3) is 1.94. The highest BCUT2D eigenvalue weighted by Gasteiger charge is 2.25. The average molecular weight is 242 g/mol. The Morgan fingerprint density at radius 2 is 2.25 bits per heavy atom. The largest absolute Gasteiger partial charge is 0.490 e. The highest BCUT2D eigenvalue weighted by Crippen LogP contribution is 2.38. The molecule has 1 aliphatic heterocycles. The summed E-state index contributed by atoms with van der Waals surface area (Å²) in [6.45, 7) is 5.28. The van der Waals surface area contributed by atoms with Crippen molar-refractivity contribution >= 4 is 22.4 Å². The van der Waals surface area contributed by atoms with Crippen molar-refractivity contribution in [1.29, 1.82) is 0 Å². The fourth-order valence-electron chi connectivity index (χ4n) is 1.91. The smallest absolute Gasteiger partial charge is 0.197 e. The lowest BCUT2D eigenvalue weighted by molar-refractivity contribution is 0.234. The van der Waals surface area contributed by atoms with Gasteiger partial charge in [-0.05, 0) is 25.5 Å². The molecule has 16 heavy (non-hydrogen) atoms. The second kappa shape index (κ2) is 4.47. The first kappa shape index (κ1) is 11.5. The number of likely N-dealkylation sites (N-methyl/N-ethyl adjacent to an activating group) is 1. The lowest BCUT2D eigenvalue weighted by Gasteiger charge is -2.38. The number of nitrogens with zero attached hydrogens (tertiary/aromatic N) is 3. The minimum absolute atomic E-state index is 0.495. The standard InChI is InChI=1S/C10H18N4OS/c1-7-6-14(5-4-13(7)2)10-8(15-3)9(11)12-16-10/h7H,4-6H2,1-3H3,(H2,11,12). The van der Waals surface area contributed by atoms with Crippen molar-refractivity contribution in [2.45, 2.75) is 13.0 Å². The molecule has 0 spiro atoms. The maximum atomic E-state index is 5.76.